The molecule has 0 atom stereocenters. The minimum absolute atomic E-state index is 0.102. The van der Waals surface area contributed by atoms with Crippen LogP contribution in [0.3, 0.4) is 0 Å². The summed E-state index contributed by atoms with van der Waals surface area (Å²) in [6.45, 7) is 1.37. The lowest BCUT2D eigenvalue weighted by Crippen LogP contribution is -2.49. The smallest absolute Gasteiger partial charge is 0.243 e. The van der Waals surface area contributed by atoms with E-state index in [9.17, 15) is 12.8 Å². The molecule has 10 heteroatoms. The van der Waals surface area contributed by atoms with Crippen molar-refractivity contribution in [2.45, 2.75) is 4.90 Å². The van der Waals surface area contributed by atoms with E-state index in [0.29, 0.717) is 34.8 Å². The molecule has 0 amide bonds. The first-order valence-electron chi connectivity index (χ1n) is 8.47. The minimum Gasteiger partial charge on any atom is -0.353 e. The van der Waals surface area contributed by atoms with E-state index in [1.54, 1.807) is 6.07 Å². The molecule has 1 fully saturated rings. The first-order valence-corrected chi connectivity index (χ1v) is 10.7. The molecule has 2 aromatic carbocycles. The van der Waals surface area contributed by atoms with E-state index in [1.165, 1.54) is 41.0 Å². The lowest BCUT2D eigenvalue weighted by molar-refractivity contribution is 0.384. The number of nitrogens with zero attached hydrogens (tertiary/aromatic N) is 4. The Balaban J connectivity index is 1.57. The summed E-state index contributed by atoms with van der Waals surface area (Å²) < 4.78 is 40.8. The van der Waals surface area contributed by atoms with Crippen molar-refractivity contribution in [3.8, 4) is 0 Å². The van der Waals surface area contributed by atoms with Gasteiger partial charge in [0.25, 0.3) is 0 Å². The Hall–Kier alpha value is -2.00. The fourth-order valence-electron chi connectivity index (χ4n) is 3.19. The van der Waals surface area contributed by atoms with Crippen molar-refractivity contribution in [2.75, 3.05) is 31.1 Å². The van der Waals surface area contributed by atoms with Gasteiger partial charge >= 0.3 is 0 Å². The molecule has 0 N–H and O–H groups in total. The van der Waals surface area contributed by atoms with Gasteiger partial charge in [0.05, 0.1) is 20.5 Å². The average molecular weight is 441 g/mol. The highest BCUT2D eigenvalue weighted by Gasteiger charge is 2.30. The van der Waals surface area contributed by atoms with Gasteiger partial charge in [0.2, 0.25) is 10.0 Å². The van der Waals surface area contributed by atoms with Crippen LogP contribution >= 0.6 is 23.2 Å². The predicted octanol–water partition coefficient (Wildman–Crippen LogP) is 3.59. The third-order valence-corrected chi connectivity index (χ3v) is 7.28. The lowest BCUT2D eigenvalue weighted by atomic mass is 10.2. The summed E-state index contributed by atoms with van der Waals surface area (Å²) in [5.41, 5.74) is 0.636. The molecule has 0 bridgehead atoms. The molecule has 6 nitrogen and oxygen atoms in total. The number of piperazine rings is 1. The van der Waals surface area contributed by atoms with Crippen LogP contribution < -0.4 is 4.90 Å². The summed E-state index contributed by atoms with van der Waals surface area (Å²) in [6, 6.07) is 8.60. The van der Waals surface area contributed by atoms with Gasteiger partial charge in [-0.15, -0.1) is 0 Å². The zero-order valence-corrected chi connectivity index (χ0v) is 16.8. The first-order chi connectivity index (χ1) is 13.4. The number of anilines is 1. The van der Waals surface area contributed by atoms with Gasteiger partial charge in [0, 0.05) is 31.6 Å². The summed E-state index contributed by atoms with van der Waals surface area (Å²) >= 11 is 11.8. The summed E-state index contributed by atoms with van der Waals surface area (Å²) in [4.78, 5) is 10.5. The van der Waals surface area contributed by atoms with E-state index < -0.39 is 10.0 Å². The third-order valence-electron chi connectivity index (χ3n) is 4.64. The largest absolute Gasteiger partial charge is 0.353 e. The Kier molecular flexibility index (Phi) is 5.13. The van der Waals surface area contributed by atoms with Gasteiger partial charge < -0.3 is 4.90 Å². The Labute approximate surface area is 171 Å². The van der Waals surface area contributed by atoms with Crippen LogP contribution in [-0.2, 0) is 10.0 Å². The van der Waals surface area contributed by atoms with Crippen molar-refractivity contribution >= 4 is 49.9 Å². The van der Waals surface area contributed by atoms with E-state index in [4.69, 9.17) is 23.2 Å². The normalized spacial score (nSPS) is 15.9. The highest BCUT2D eigenvalue weighted by atomic mass is 35.5. The zero-order chi connectivity index (χ0) is 19.9. The summed E-state index contributed by atoms with van der Waals surface area (Å²) in [5.74, 6) is 0.223. The summed E-state index contributed by atoms with van der Waals surface area (Å²) in [7, 11) is -3.69. The second-order valence-corrected chi connectivity index (χ2v) is 9.08. The fraction of sp³-hybridized carbons (Fsp3) is 0.222. The van der Waals surface area contributed by atoms with E-state index in [0.717, 1.165) is 0 Å². The van der Waals surface area contributed by atoms with Crippen molar-refractivity contribution in [2.24, 2.45) is 0 Å². The summed E-state index contributed by atoms with van der Waals surface area (Å²) in [5, 5.41) is 1.09. The number of hydrogen-bond donors (Lipinski definition) is 0. The maximum atomic E-state index is 13.7. The van der Waals surface area contributed by atoms with E-state index in [1.807, 2.05) is 4.90 Å². The molecule has 0 spiro atoms. The Morgan fingerprint density at radius 1 is 0.929 bits per heavy atom. The molecule has 0 saturated carbocycles. The maximum Gasteiger partial charge on any atom is 0.243 e. The van der Waals surface area contributed by atoms with Gasteiger partial charge in [-0.1, -0.05) is 23.2 Å². The van der Waals surface area contributed by atoms with Crippen LogP contribution in [0.2, 0.25) is 10.0 Å². The molecule has 1 aliphatic heterocycles. The number of aromatic nitrogens is 2. The Bertz CT molecular complexity index is 1150. The van der Waals surface area contributed by atoms with E-state index >= 15 is 0 Å². The van der Waals surface area contributed by atoms with Gasteiger partial charge in [0.15, 0.2) is 0 Å². The number of halogens is 3. The van der Waals surface area contributed by atoms with Crippen LogP contribution in [0.5, 0.6) is 0 Å². The number of fused-ring (bicyclic) bond motifs is 1. The average Bonchev–Trinajstić information content (AvgIpc) is 2.69. The van der Waals surface area contributed by atoms with Crippen molar-refractivity contribution < 1.29 is 12.8 Å². The van der Waals surface area contributed by atoms with Crippen molar-refractivity contribution in [1.29, 1.82) is 0 Å². The van der Waals surface area contributed by atoms with Crippen molar-refractivity contribution in [3.05, 3.63) is 58.6 Å². The monoisotopic (exact) mass is 440 g/mol. The van der Waals surface area contributed by atoms with Gasteiger partial charge in [-0.05, 0) is 36.4 Å². The van der Waals surface area contributed by atoms with Crippen molar-refractivity contribution in [3.63, 3.8) is 0 Å². The van der Waals surface area contributed by atoms with E-state index in [2.05, 4.69) is 9.97 Å². The van der Waals surface area contributed by atoms with Crippen LogP contribution in [0, 0.1) is 5.82 Å². The standard InChI is InChI=1S/C18H15Cl2FN4O2S/c19-15-3-2-13(10-16(15)20)28(26,27)25-7-5-24(6-8-25)18-14-9-12(21)1-4-17(14)22-11-23-18/h1-4,9-11H,5-8H2. The van der Waals surface area contributed by atoms with Crippen LogP contribution in [0.15, 0.2) is 47.6 Å². The van der Waals surface area contributed by atoms with Gasteiger partial charge in [-0.25, -0.2) is 22.8 Å². The first kappa shape index (κ1) is 19.3. The molecular formula is C18H15Cl2FN4O2S. The highest BCUT2D eigenvalue weighted by Crippen LogP contribution is 2.29. The SMILES string of the molecule is O=S(=O)(c1ccc(Cl)c(Cl)c1)N1CCN(c2ncnc3ccc(F)cc23)CC1. The number of benzene rings is 2. The van der Waals surface area contributed by atoms with Gasteiger partial charge in [0.1, 0.15) is 18.0 Å². The van der Waals surface area contributed by atoms with Crippen LogP contribution in [0.25, 0.3) is 10.9 Å². The lowest BCUT2D eigenvalue weighted by Gasteiger charge is -2.35. The molecule has 2 heterocycles. The fourth-order valence-corrected chi connectivity index (χ4v) is 5.01. The number of hydrogen-bond acceptors (Lipinski definition) is 5. The molecule has 3 aromatic rings. The molecule has 28 heavy (non-hydrogen) atoms. The van der Waals surface area contributed by atoms with Crippen LogP contribution in [0.4, 0.5) is 10.2 Å². The Morgan fingerprint density at radius 3 is 2.39 bits per heavy atom. The molecular weight excluding hydrogens is 426 g/mol. The molecule has 4 rings (SSSR count). The molecule has 0 aliphatic carbocycles. The van der Waals surface area contributed by atoms with E-state index in [-0.39, 0.29) is 28.8 Å². The molecule has 146 valence electrons. The van der Waals surface area contributed by atoms with Crippen LogP contribution in [-0.4, -0.2) is 48.9 Å². The summed E-state index contributed by atoms with van der Waals surface area (Å²) in [6.07, 6.45) is 1.42. The highest BCUT2D eigenvalue weighted by molar-refractivity contribution is 7.89. The minimum atomic E-state index is -3.69. The van der Waals surface area contributed by atoms with Gasteiger partial charge in [-0.2, -0.15) is 4.31 Å². The molecule has 1 aromatic heterocycles. The third kappa shape index (κ3) is 3.53. The second kappa shape index (κ2) is 7.44. The predicted molar refractivity (Wildman–Crippen MR) is 107 cm³/mol. The maximum absolute atomic E-state index is 13.7. The van der Waals surface area contributed by atoms with Gasteiger partial charge in [-0.3, -0.25) is 0 Å². The Morgan fingerprint density at radius 2 is 1.68 bits per heavy atom. The molecule has 1 saturated heterocycles. The zero-order valence-electron chi connectivity index (χ0n) is 14.5. The number of rotatable bonds is 3. The molecule has 0 radical (unpaired) electrons. The molecule has 1 aliphatic rings. The number of sulfonamides is 1. The quantitative estimate of drug-likeness (QED) is 0.622. The topological polar surface area (TPSA) is 66.4 Å². The van der Waals surface area contributed by atoms with Crippen molar-refractivity contribution in [1.82, 2.24) is 14.3 Å². The second-order valence-electron chi connectivity index (χ2n) is 6.33. The van der Waals surface area contributed by atoms with Crippen LogP contribution in [0.1, 0.15) is 0 Å². The molecule has 0 unspecified atom stereocenters.